The highest BCUT2D eigenvalue weighted by atomic mass is 16.5. The van der Waals surface area contributed by atoms with E-state index in [0.29, 0.717) is 25.0 Å². The number of aromatic nitrogens is 2. The van der Waals surface area contributed by atoms with Crippen molar-refractivity contribution >= 4 is 6.01 Å². The maximum absolute atomic E-state index is 5.79. The Hall–Kier alpha value is -1.14. The summed E-state index contributed by atoms with van der Waals surface area (Å²) >= 11 is 0. The largest absolute Gasteiger partial charge is 0.373 e. The van der Waals surface area contributed by atoms with Crippen LogP contribution in [0.25, 0.3) is 0 Å². The quantitative estimate of drug-likeness (QED) is 0.739. The molecule has 0 amide bonds. The fraction of sp³-hybridized carbons (Fsp3) is 0.778. The van der Waals surface area contributed by atoms with Gasteiger partial charge in [-0.3, -0.25) is 0 Å². The zero-order valence-corrected chi connectivity index (χ0v) is 9.01. The zero-order valence-electron chi connectivity index (χ0n) is 9.01. The van der Waals surface area contributed by atoms with Gasteiger partial charge in [-0.2, -0.15) is 4.98 Å². The van der Waals surface area contributed by atoms with E-state index in [1.807, 2.05) is 11.8 Å². The lowest BCUT2D eigenvalue weighted by Gasteiger charge is -2.33. The third-order valence-electron chi connectivity index (χ3n) is 2.47. The van der Waals surface area contributed by atoms with Crippen molar-refractivity contribution in [2.24, 2.45) is 5.73 Å². The van der Waals surface area contributed by atoms with E-state index in [0.717, 1.165) is 6.54 Å². The number of anilines is 1. The van der Waals surface area contributed by atoms with Gasteiger partial charge in [0.25, 0.3) is 0 Å². The highest BCUT2D eigenvalue weighted by Gasteiger charge is 2.26. The van der Waals surface area contributed by atoms with Crippen LogP contribution in [-0.2, 0) is 4.74 Å². The minimum Gasteiger partial charge on any atom is -0.373 e. The topological polar surface area (TPSA) is 77.4 Å². The van der Waals surface area contributed by atoms with Crippen LogP contribution in [0.3, 0.4) is 0 Å². The van der Waals surface area contributed by atoms with Gasteiger partial charge in [0.1, 0.15) is 0 Å². The van der Waals surface area contributed by atoms with Gasteiger partial charge in [-0.05, 0) is 13.8 Å². The molecule has 6 heteroatoms. The highest BCUT2D eigenvalue weighted by Crippen LogP contribution is 2.15. The number of morpholine rings is 1. The standard InChI is InChI=1S/C9H16N4O2/c1-6(10)8-5-13(3-4-14-8)9-11-7(2)12-15-9/h6,8H,3-5,10H2,1-2H3. The van der Waals surface area contributed by atoms with E-state index in [-0.39, 0.29) is 12.1 Å². The molecule has 1 aromatic heterocycles. The minimum absolute atomic E-state index is 0.0109. The first-order chi connectivity index (χ1) is 7.16. The SMILES string of the molecule is Cc1noc(N2CCOC(C(C)N)C2)n1. The molecule has 1 aliphatic heterocycles. The van der Waals surface area contributed by atoms with E-state index in [1.54, 1.807) is 6.92 Å². The number of aryl methyl sites for hydroxylation is 1. The predicted octanol–water partition coefficient (Wildman–Crippen LogP) is -0.0696. The number of rotatable bonds is 2. The summed E-state index contributed by atoms with van der Waals surface area (Å²) in [6.07, 6.45) is 0.0333. The molecule has 0 radical (unpaired) electrons. The van der Waals surface area contributed by atoms with Gasteiger partial charge in [-0.15, -0.1) is 0 Å². The van der Waals surface area contributed by atoms with E-state index in [1.165, 1.54) is 0 Å². The minimum atomic E-state index is 0.0109. The van der Waals surface area contributed by atoms with Gasteiger partial charge in [-0.1, -0.05) is 5.16 Å². The Morgan fingerprint density at radius 3 is 3.00 bits per heavy atom. The Bertz CT molecular complexity index is 326. The van der Waals surface area contributed by atoms with Crippen LogP contribution >= 0.6 is 0 Å². The molecule has 2 rings (SSSR count). The molecular weight excluding hydrogens is 196 g/mol. The molecule has 1 aliphatic rings. The lowest BCUT2D eigenvalue weighted by Crippen LogP contribution is -2.49. The molecule has 6 nitrogen and oxygen atoms in total. The van der Waals surface area contributed by atoms with Gasteiger partial charge in [0.05, 0.1) is 19.3 Å². The first kappa shape index (κ1) is 10.4. The van der Waals surface area contributed by atoms with Crippen molar-refractivity contribution in [1.29, 1.82) is 0 Å². The number of ether oxygens (including phenoxy) is 1. The average Bonchev–Trinajstić information content (AvgIpc) is 2.65. The van der Waals surface area contributed by atoms with Crippen molar-refractivity contribution in [2.75, 3.05) is 24.6 Å². The number of nitrogens with two attached hydrogens (primary N) is 1. The van der Waals surface area contributed by atoms with Crippen LogP contribution < -0.4 is 10.6 Å². The van der Waals surface area contributed by atoms with Crippen LogP contribution in [0.1, 0.15) is 12.7 Å². The van der Waals surface area contributed by atoms with Crippen LogP contribution in [0.5, 0.6) is 0 Å². The molecule has 15 heavy (non-hydrogen) atoms. The third kappa shape index (κ3) is 2.27. The number of hydrogen-bond donors (Lipinski definition) is 1. The van der Waals surface area contributed by atoms with E-state index >= 15 is 0 Å². The first-order valence-electron chi connectivity index (χ1n) is 5.09. The summed E-state index contributed by atoms with van der Waals surface area (Å²) < 4.78 is 10.6. The van der Waals surface area contributed by atoms with Gasteiger partial charge in [0.15, 0.2) is 5.82 Å². The predicted molar refractivity (Wildman–Crippen MR) is 54.6 cm³/mol. The Morgan fingerprint density at radius 2 is 2.40 bits per heavy atom. The second kappa shape index (κ2) is 4.16. The summed E-state index contributed by atoms with van der Waals surface area (Å²) in [7, 11) is 0. The van der Waals surface area contributed by atoms with Crippen molar-refractivity contribution < 1.29 is 9.26 Å². The van der Waals surface area contributed by atoms with Gasteiger partial charge in [0, 0.05) is 12.6 Å². The Morgan fingerprint density at radius 1 is 1.60 bits per heavy atom. The molecule has 1 saturated heterocycles. The molecule has 1 aromatic rings. The molecule has 2 unspecified atom stereocenters. The summed E-state index contributed by atoms with van der Waals surface area (Å²) in [5, 5.41) is 3.76. The molecule has 2 N–H and O–H groups in total. The third-order valence-corrected chi connectivity index (χ3v) is 2.47. The molecule has 0 aliphatic carbocycles. The maximum Gasteiger partial charge on any atom is 0.324 e. The maximum atomic E-state index is 5.79. The van der Waals surface area contributed by atoms with Gasteiger partial charge in [0.2, 0.25) is 0 Å². The van der Waals surface area contributed by atoms with Crippen molar-refractivity contribution in [3.8, 4) is 0 Å². The molecule has 2 heterocycles. The Balaban J connectivity index is 2.04. The molecule has 0 saturated carbocycles. The fourth-order valence-corrected chi connectivity index (χ4v) is 1.58. The van der Waals surface area contributed by atoms with Crippen molar-refractivity contribution in [3.63, 3.8) is 0 Å². The second-order valence-electron chi connectivity index (χ2n) is 3.84. The van der Waals surface area contributed by atoms with Crippen molar-refractivity contribution in [3.05, 3.63) is 5.82 Å². The van der Waals surface area contributed by atoms with Crippen LogP contribution in [0.4, 0.5) is 6.01 Å². The lowest BCUT2D eigenvalue weighted by atomic mass is 10.1. The Kier molecular flexibility index (Phi) is 2.88. The van der Waals surface area contributed by atoms with Crippen LogP contribution in [-0.4, -0.2) is 42.0 Å². The van der Waals surface area contributed by atoms with Gasteiger partial charge < -0.3 is 19.9 Å². The smallest absolute Gasteiger partial charge is 0.324 e. The molecule has 0 aromatic carbocycles. The highest BCUT2D eigenvalue weighted by molar-refractivity contribution is 5.26. The first-order valence-corrected chi connectivity index (χ1v) is 5.09. The lowest BCUT2D eigenvalue weighted by molar-refractivity contribution is 0.0257. The van der Waals surface area contributed by atoms with Gasteiger partial charge >= 0.3 is 6.01 Å². The van der Waals surface area contributed by atoms with Crippen LogP contribution in [0.15, 0.2) is 4.52 Å². The zero-order chi connectivity index (χ0) is 10.8. The van der Waals surface area contributed by atoms with Crippen molar-refractivity contribution in [2.45, 2.75) is 26.0 Å². The van der Waals surface area contributed by atoms with E-state index in [2.05, 4.69) is 10.1 Å². The van der Waals surface area contributed by atoms with E-state index in [9.17, 15) is 0 Å². The van der Waals surface area contributed by atoms with Crippen LogP contribution in [0, 0.1) is 6.92 Å². The van der Waals surface area contributed by atoms with Crippen LogP contribution in [0.2, 0.25) is 0 Å². The summed E-state index contributed by atoms with van der Waals surface area (Å²) in [4.78, 5) is 6.19. The molecular formula is C9H16N4O2. The molecule has 0 spiro atoms. The van der Waals surface area contributed by atoms with E-state index < -0.39 is 0 Å². The average molecular weight is 212 g/mol. The second-order valence-corrected chi connectivity index (χ2v) is 3.84. The summed E-state index contributed by atoms with van der Waals surface area (Å²) in [6, 6.07) is 0.568. The summed E-state index contributed by atoms with van der Waals surface area (Å²) in [6.45, 7) is 5.86. The Labute approximate surface area is 88.4 Å². The van der Waals surface area contributed by atoms with Gasteiger partial charge in [-0.25, -0.2) is 0 Å². The summed E-state index contributed by atoms with van der Waals surface area (Å²) in [5.74, 6) is 0.647. The fourth-order valence-electron chi connectivity index (χ4n) is 1.58. The van der Waals surface area contributed by atoms with E-state index in [4.69, 9.17) is 15.0 Å². The molecule has 84 valence electrons. The monoisotopic (exact) mass is 212 g/mol. The number of nitrogens with zero attached hydrogens (tertiary/aromatic N) is 3. The molecule has 1 fully saturated rings. The summed E-state index contributed by atoms with van der Waals surface area (Å²) in [5.41, 5.74) is 5.79. The van der Waals surface area contributed by atoms with Crippen molar-refractivity contribution in [1.82, 2.24) is 10.1 Å². The molecule has 2 atom stereocenters. The number of hydrogen-bond acceptors (Lipinski definition) is 6. The molecule has 0 bridgehead atoms. The normalized spacial score (nSPS) is 24.2.